The van der Waals surface area contributed by atoms with Crippen LogP contribution in [0.1, 0.15) is 26.3 Å². The van der Waals surface area contributed by atoms with Gasteiger partial charge in [0.1, 0.15) is 18.2 Å². The molecule has 0 aliphatic carbocycles. The van der Waals surface area contributed by atoms with Crippen molar-refractivity contribution in [2.24, 2.45) is 5.73 Å². The largest absolute Gasteiger partial charge is 0.486 e. The van der Waals surface area contributed by atoms with E-state index in [9.17, 15) is 0 Å². The third-order valence-electron chi connectivity index (χ3n) is 2.11. The van der Waals surface area contributed by atoms with Gasteiger partial charge in [-0.2, -0.15) is 0 Å². The predicted octanol–water partition coefficient (Wildman–Crippen LogP) is 2.30. The van der Waals surface area contributed by atoms with E-state index in [1.165, 1.54) is 5.56 Å². The van der Waals surface area contributed by atoms with Crippen molar-refractivity contribution in [1.82, 2.24) is 0 Å². The summed E-state index contributed by atoms with van der Waals surface area (Å²) in [6, 6.07) is 7.89. The van der Waals surface area contributed by atoms with Crippen LogP contribution in [0, 0.1) is 5.41 Å². The van der Waals surface area contributed by atoms with E-state index >= 15 is 0 Å². The van der Waals surface area contributed by atoms with Crippen LogP contribution in [0.3, 0.4) is 0 Å². The maximum Gasteiger partial charge on any atom is 0.145 e. The van der Waals surface area contributed by atoms with E-state index in [4.69, 9.17) is 15.9 Å². The minimum absolute atomic E-state index is 0.0369. The number of nitrogens with two attached hydrogens (primary N) is 1. The maximum absolute atomic E-state index is 7.04. The van der Waals surface area contributed by atoms with Crippen LogP contribution in [0.15, 0.2) is 24.3 Å². The Morgan fingerprint density at radius 3 is 2.20 bits per heavy atom. The van der Waals surface area contributed by atoms with Crippen LogP contribution in [0.25, 0.3) is 0 Å². The van der Waals surface area contributed by atoms with Crippen molar-refractivity contribution < 1.29 is 4.74 Å². The quantitative estimate of drug-likeness (QED) is 0.589. The molecule has 0 saturated carbocycles. The van der Waals surface area contributed by atoms with Crippen molar-refractivity contribution in [3.8, 4) is 5.75 Å². The molecule has 3 heteroatoms. The standard InChI is InChI=1S/C12H18N2O/c1-12(2,3)9-4-6-10(7-5-9)15-8-11(13)14/h4-7H,8H2,1-3H3,(H3,13,14). The van der Waals surface area contributed by atoms with Gasteiger partial charge in [0, 0.05) is 0 Å². The molecule has 0 spiro atoms. The van der Waals surface area contributed by atoms with E-state index < -0.39 is 0 Å². The first-order valence-electron chi connectivity index (χ1n) is 4.96. The molecule has 1 rings (SSSR count). The zero-order chi connectivity index (χ0) is 11.5. The summed E-state index contributed by atoms with van der Waals surface area (Å²) in [5, 5.41) is 7.04. The lowest BCUT2D eigenvalue weighted by Gasteiger charge is -2.19. The van der Waals surface area contributed by atoms with Crippen LogP contribution in [0.5, 0.6) is 5.75 Å². The van der Waals surface area contributed by atoms with E-state index in [1.54, 1.807) is 0 Å². The average Bonchev–Trinajstić information content (AvgIpc) is 2.14. The van der Waals surface area contributed by atoms with Crippen LogP contribution in [0.4, 0.5) is 0 Å². The second-order valence-electron chi connectivity index (χ2n) is 4.59. The van der Waals surface area contributed by atoms with E-state index in [-0.39, 0.29) is 17.9 Å². The summed E-state index contributed by atoms with van der Waals surface area (Å²) in [7, 11) is 0. The van der Waals surface area contributed by atoms with Crippen molar-refractivity contribution in [2.45, 2.75) is 26.2 Å². The fourth-order valence-electron chi connectivity index (χ4n) is 1.21. The molecule has 0 amide bonds. The third-order valence-corrected chi connectivity index (χ3v) is 2.11. The molecule has 0 radical (unpaired) electrons. The molecule has 15 heavy (non-hydrogen) atoms. The van der Waals surface area contributed by atoms with Crippen molar-refractivity contribution >= 4 is 5.84 Å². The third kappa shape index (κ3) is 3.62. The smallest absolute Gasteiger partial charge is 0.145 e. The normalized spacial score (nSPS) is 11.1. The molecule has 0 saturated heterocycles. The Morgan fingerprint density at radius 1 is 1.27 bits per heavy atom. The molecule has 0 fully saturated rings. The van der Waals surface area contributed by atoms with E-state index in [1.807, 2.05) is 24.3 Å². The molecule has 0 aliphatic rings. The SMILES string of the molecule is CC(C)(C)c1ccc(OCC(=N)N)cc1. The van der Waals surface area contributed by atoms with Gasteiger partial charge in [0.2, 0.25) is 0 Å². The molecule has 0 atom stereocenters. The summed E-state index contributed by atoms with van der Waals surface area (Å²) in [4.78, 5) is 0. The summed E-state index contributed by atoms with van der Waals surface area (Å²) < 4.78 is 5.29. The van der Waals surface area contributed by atoms with Gasteiger partial charge < -0.3 is 10.5 Å². The number of ether oxygens (including phenoxy) is 1. The molecule has 3 nitrogen and oxygen atoms in total. The summed E-state index contributed by atoms with van der Waals surface area (Å²) in [6.07, 6.45) is 0. The second kappa shape index (κ2) is 4.34. The van der Waals surface area contributed by atoms with Crippen molar-refractivity contribution in [1.29, 1.82) is 5.41 Å². The van der Waals surface area contributed by atoms with Crippen molar-refractivity contribution in [3.63, 3.8) is 0 Å². The zero-order valence-electron chi connectivity index (χ0n) is 9.50. The maximum atomic E-state index is 7.04. The monoisotopic (exact) mass is 206 g/mol. The summed E-state index contributed by atoms with van der Waals surface area (Å²) in [5.74, 6) is 0.785. The van der Waals surface area contributed by atoms with Crippen LogP contribution in [-0.2, 0) is 5.41 Å². The van der Waals surface area contributed by atoms with Crippen molar-refractivity contribution in [2.75, 3.05) is 6.61 Å². The van der Waals surface area contributed by atoms with Crippen LogP contribution in [-0.4, -0.2) is 12.4 Å². The van der Waals surface area contributed by atoms with Gasteiger partial charge in [-0.05, 0) is 23.1 Å². The lowest BCUT2D eigenvalue weighted by molar-refractivity contribution is 0.374. The fourth-order valence-corrected chi connectivity index (χ4v) is 1.21. The Bertz CT molecular complexity index is 336. The topological polar surface area (TPSA) is 59.1 Å². The average molecular weight is 206 g/mol. The first kappa shape index (κ1) is 11.6. The Hall–Kier alpha value is -1.51. The molecular weight excluding hydrogens is 188 g/mol. The molecule has 0 aliphatic heterocycles. The molecule has 0 heterocycles. The lowest BCUT2D eigenvalue weighted by atomic mass is 9.87. The Labute approximate surface area is 90.8 Å². The van der Waals surface area contributed by atoms with E-state index in [2.05, 4.69) is 20.8 Å². The number of amidine groups is 1. The summed E-state index contributed by atoms with van der Waals surface area (Å²) in [5.41, 5.74) is 6.61. The van der Waals surface area contributed by atoms with Crippen LogP contribution >= 0.6 is 0 Å². The van der Waals surface area contributed by atoms with Gasteiger partial charge in [0.25, 0.3) is 0 Å². The number of nitrogens with one attached hydrogen (secondary N) is 1. The number of rotatable bonds is 3. The highest BCUT2D eigenvalue weighted by Gasteiger charge is 2.12. The highest BCUT2D eigenvalue weighted by atomic mass is 16.5. The van der Waals surface area contributed by atoms with E-state index in [0.717, 1.165) is 5.75 Å². The van der Waals surface area contributed by atoms with Gasteiger partial charge in [-0.15, -0.1) is 0 Å². The molecule has 0 bridgehead atoms. The first-order valence-corrected chi connectivity index (χ1v) is 4.96. The Kier molecular flexibility index (Phi) is 3.35. The molecule has 1 aromatic rings. The van der Waals surface area contributed by atoms with Crippen LogP contribution in [0.2, 0.25) is 0 Å². The molecule has 3 N–H and O–H groups in total. The van der Waals surface area contributed by atoms with Gasteiger partial charge in [0.15, 0.2) is 0 Å². The van der Waals surface area contributed by atoms with E-state index in [0.29, 0.717) is 0 Å². The molecule has 0 aromatic heterocycles. The summed E-state index contributed by atoms with van der Waals surface area (Å²) in [6.45, 7) is 6.64. The molecular formula is C12H18N2O. The fraction of sp³-hybridized carbons (Fsp3) is 0.417. The predicted molar refractivity (Wildman–Crippen MR) is 62.6 cm³/mol. The number of hydrogen-bond donors (Lipinski definition) is 2. The van der Waals surface area contributed by atoms with Gasteiger partial charge in [0.05, 0.1) is 0 Å². The Balaban J connectivity index is 2.69. The first-order chi connectivity index (χ1) is 6.89. The van der Waals surface area contributed by atoms with Crippen LogP contribution < -0.4 is 10.5 Å². The van der Waals surface area contributed by atoms with Gasteiger partial charge in [-0.1, -0.05) is 32.9 Å². The molecule has 1 aromatic carbocycles. The second-order valence-corrected chi connectivity index (χ2v) is 4.59. The van der Waals surface area contributed by atoms with Crippen molar-refractivity contribution in [3.05, 3.63) is 29.8 Å². The number of hydrogen-bond acceptors (Lipinski definition) is 2. The highest BCUT2D eigenvalue weighted by Crippen LogP contribution is 2.24. The summed E-state index contributed by atoms with van der Waals surface area (Å²) >= 11 is 0. The number of benzene rings is 1. The van der Waals surface area contributed by atoms with Gasteiger partial charge in [-0.25, -0.2) is 0 Å². The lowest BCUT2D eigenvalue weighted by Crippen LogP contribution is -2.19. The Morgan fingerprint density at radius 2 is 1.80 bits per heavy atom. The minimum Gasteiger partial charge on any atom is -0.486 e. The molecule has 82 valence electrons. The van der Waals surface area contributed by atoms with Gasteiger partial charge >= 0.3 is 0 Å². The highest BCUT2D eigenvalue weighted by molar-refractivity contribution is 5.78. The molecule has 0 unspecified atom stereocenters. The minimum atomic E-state index is 0.0369. The van der Waals surface area contributed by atoms with Gasteiger partial charge in [-0.3, -0.25) is 5.41 Å². The zero-order valence-corrected chi connectivity index (χ0v) is 9.50.